The van der Waals surface area contributed by atoms with E-state index in [9.17, 15) is 22.8 Å². The summed E-state index contributed by atoms with van der Waals surface area (Å²) in [6.07, 6.45) is -4.09. The normalized spacial score (nSPS) is 15.3. The molecule has 0 saturated heterocycles. The van der Waals surface area contributed by atoms with Gasteiger partial charge in [0.2, 0.25) is 5.91 Å². The number of halogens is 3. The van der Waals surface area contributed by atoms with Crippen molar-refractivity contribution in [3.63, 3.8) is 0 Å². The molecule has 94 valence electrons. The molecule has 2 atom stereocenters. The smallest absolute Gasteiger partial charge is 0.400 e. The van der Waals surface area contributed by atoms with Crippen LogP contribution < -0.4 is 5.32 Å². The molecule has 0 radical (unpaired) electrons. The van der Waals surface area contributed by atoms with Crippen LogP contribution in [0, 0.1) is 5.92 Å². The Bertz CT molecular complexity index is 265. The molecule has 2 N–H and O–H groups in total. The maximum absolute atomic E-state index is 12.1. The van der Waals surface area contributed by atoms with Crippen molar-refractivity contribution >= 4 is 11.9 Å². The Hall–Kier alpha value is -1.27. The second-order valence-electron chi connectivity index (χ2n) is 3.45. The molecule has 0 aromatic heterocycles. The van der Waals surface area contributed by atoms with Crippen molar-refractivity contribution in [2.75, 3.05) is 0 Å². The van der Waals surface area contributed by atoms with E-state index in [4.69, 9.17) is 5.11 Å². The van der Waals surface area contributed by atoms with Crippen LogP contribution in [-0.4, -0.2) is 29.2 Å². The van der Waals surface area contributed by atoms with Crippen LogP contribution in [0.5, 0.6) is 0 Å². The number of alkyl halides is 3. The molecular formula is C9H14F3NO3. The minimum absolute atomic E-state index is 0.103. The Morgan fingerprint density at radius 3 is 2.19 bits per heavy atom. The van der Waals surface area contributed by atoms with Gasteiger partial charge in [-0.3, -0.25) is 4.79 Å². The molecule has 0 aliphatic heterocycles. The summed E-state index contributed by atoms with van der Waals surface area (Å²) in [6.45, 7) is 2.37. The fourth-order valence-electron chi connectivity index (χ4n) is 0.991. The zero-order chi connectivity index (χ0) is 12.9. The van der Waals surface area contributed by atoms with Gasteiger partial charge in [-0.1, -0.05) is 13.3 Å². The lowest BCUT2D eigenvalue weighted by Gasteiger charge is -2.19. The molecule has 0 aromatic carbocycles. The molecule has 0 bridgehead atoms. The predicted octanol–water partition coefficient (Wildman–Crippen LogP) is 1.55. The van der Waals surface area contributed by atoms with Gasteiger partial charge in [-0.05, 0) is 13.3 Å². The van der Waals surface area contributed by atoms with Gasteiger partial charge < -0.3 is 10.4 Å². The van der Waals surface area contributed by atoms with E-state index in [-0.39, 0.29) is 6.42 Å². The van der Waals surface area contributed by atoms with E-state index in [1.54, 1.807) is 6.92 Å². The van der Waals surface area contributed by atoms with Gasteiger partial charge in [0.25, 0.3) is 0 Å². The maximum atomic E-state index is 12.1. The molecule has 2 unspecified atom stereocenters. The first-order chi connectivity index (χ1) is 7.20. The van der Waals surface area contributed by atoms with Crippen molar-refractivity contribution in [1.29, 1.82) is 0 Å². The van der Waals surface area contributed by atoms with Crippen LogP contribution in [0.15, 0.2) is 0 Å². The second-order valence-corrected chi connectivity index (χ2v) is 3.45. The zero-order valence-electron chi connectivity index (χ0n) is 8.97. The van der Waals surface area contributed by atoms with E-state index in [1.165, 1.54) is 0 Å². The monoisotopic (exact) mass is 241 g/mol. The average Bonchev–Trinajstić information content (AvgIpc) is 2.14. The van der Waals surface area contributed by atoms with Gasteiger partial charge in [-0.15, -0.1) is 0 Å². The van der Waals surface area contributed by atoms with E-state index in [0.29, 0.717) is 13.3 Å². The van der Waals surface area contributed by atoms with Gasteiger partial charge >= 0.3 is 12.1 Å². The van der Waals surface area contributed by atoms with Gasteiger partial charge in [0.05, 0.1) is 0 Å². The second kappa shape index (κ2) is 5.72. The van der Waals surface area contributed by atoms with Crippen LogP contribution in [-0.2, 0) is 9.59 Å². The molecule has 7 heteroatoms. The van der Waals surface area contributed by atoms with E-state index in [1.807, 2.05) is 5.32 Å². The summed E-state index contributed by atoms with van der Waals surface area (Å²) >= 11 is 0. The SMILES string of the molecule is CCCC(NC(=O)C(C)C(F)(F)F)C(=O)O. The molecule has 0 saturated carbocycles. The number of rotatable bonds is 5. The summed E-state index contributed by atoms with van der Waals surface area (Å²) < 4.78 is 36.4. The fraction of sp³-hybridized carbons (Fsp3) is 0.778. The molecule has 1 amide bonds. The lowest BCUT2D eigenvalue weighted by molar-refractivity contribution is -0.180. The van der Waals surface area contributed by atoms with Crippen LogP contribution in [0.4, 0.5) is 13.2 Å². The van der Waals surface area contributed by atoms with Crippen molar-refractivity contribution < 1.29 is 27.9 Å². The third-order valence-electron chi connectivity index (χ3n) is 2.08. The highest BCUT2D eigenvalue weighted by Crippen LogP contribution is 2.25. The number of carboxylic acids is 1. The summed E-state index contributed by atoms with van der Waals surface area (Å²) in [7, 11) is 0. The Kier molecular flexibility index (Phi) is 5.26. The molecule has 0 aliphatic rings. The molecular weight excluding hydrogens is 227 g/mol. The minimum Gasteiger partial charge on any atom is -0.480 e. The van der Waals surface area contributed by atoms with Crippen LogP contribution in [0.2, 0.25) is 0 Å². The highest BCUT2D eigenvalue weighted by Gasteiger charge is 2.42. The van der Waals surface area contributed by atoms with Crippen LogP contribution >= 0.6 is 0 Å². The number of carbonyl (C=O) groups is 2. The largest absolute Gasteiger partial charge is 0.480 e. The number of carbonyl (C=O) groups excluding carboxylic acids is 1. The van der Waals surface area contributed by atoms with Crippen molar-refractivity contribution in [2.45, 2.75) is 38.9 Å². The highest BCUT2D eigenvalue weighted by molar-refractivity contribution is 5.85. The molecule has 0 rings (SSSR count). The number of aliphatic carboxylic acids is 1. The maximum Gasteiger partial charge on any atom is 0.400 e. The van der Waals surface area contributed by atoms with Crippen molar-refractivity contribution in [2.24, 2.45) is 5.92 Å². The molecule has 0 spiro atoms. The Morgan fingerprint density at radius 2 is 1.88 bits per heavy atom. The van der Waals surface area contributed by atoms with E-state index >= 15 is 0 Å². The standard InChI is InChI=1S/C9H14F3NO3/c1-3-4-6(8(15)16)13-7(14)5(2)9(10,11)12/h5-6H,3-4H2,1-2H3,(H,13,14)(H,15,16). The summed E-state index contributed by atoms with van der Waals surface area (Å²) in [5.74, 6) is -4.84. The van der Waals surface area contributed by atoms with Gasteiger partial charge in [0.15, 0.2) is 0 Å². The van der Waals surface area contributed by atoms with Crippen LogP contribution in [0.3, 0.4) is 0 Å². The molecule has 0 aromatic rings. The third-order valence-corrected chi connectivity index (χ3v) is 2.08. The summed E-state index contributed by atoms with van der Waals surface area (Å²) in [5, 5.41) is 10.5. The number of nitrogens with one attached hydrogen (secondary N) is 1. The first kappa shape index (κ1) is 14.7. The summed E-state index contributed by atoms with van der Waals surface area (Å²) in [4.78, 5) is 21.7. The Balaban J connectivity index is 4.46. The van der Waals surface area contributed by atoms with Crippen molar-refractivity contribution in [3.8, 4) is 0 Å². The lowest BCUT2D eigenvalue weighted by Crippen LogP contribution is -2.46. The predicted molar refractivity (Wildman–Crippen MR) is 49.7 cm³/mol. The van der Waals surface area contributed by atoms with Crippen LogP contribution in [0.1, 0.15) is 26.7 Å². The minimum atomic E-state index is -4.65. The van der Waals surface area contributed by atoms with E-state index in [2.05, 4.69) is 0 Å². The molecule has 0 fully saturated rings. The topological polar surface area (TPSA) is 66.4 Å². The van der Waals surface area contributed by atoms with Gasteiger partial charge in [0.1, 0.15) is 12.0 Å². The summed E-state index contributed by atoms with van der Waals surface area (Å²) in [5.41, 5.74) is 0. The van der Waals surface area contributed by atoms with E-state index < -0.39 is 30.0 Å². The average molecular weight is 241 g/mol. The van der Waals surface area contributed by atoms with Gasteiger partial charge in [0, 0.05) is 0 Å². The Labute approximate surface area is 90.8 Å². The fourth-order valence-corrected chi connectivity index (χ4v) is 0.991. The number of carboxylic acid groups (broad SMARTS) is 1. The molecule has 0 aliphatic carbocycles. The van der Waals surface area contributed by atoms with Gasteiger partial charge in [-0.2, -0.15) is 13.2 Å². The van der Waals surface area contributed by atoms with Crippen molar-refractivity contribution in [1.82, 2.24) is 5.32 Å². The van der Waals surface area contributed by atoms with E-state index in [0.717, 1.165) is 0 Å². The molecule has 0 heterocycles. The third kappa shape index (κ3) is 4.50. The first-order valence-corrected chi connectivity index (χ1v) is 4.80. The number of amides is 1. The van der Waals surface area contributed by atoms with Gasteiger partial charge in [-0.25, -0.2) is 4.79 Å². The number of hydrogen-bond donors (Lipinski definition) is 2. The first-order valence-electron chi connectivity index (χ1n) is 4.80. The quantitative estimate of drug-likeness (QED) is 0.767. The summed E-state index contributed by atoms with van der Waals surface area (Å²) in [6, 6.07) is -1.26. The lowest BCUT2D eigenvalue weighted by atomic mass is 10.1. The Morgan fingerprint density at radius 1 is 1.38 bits per heavy atom. The van der Waals surface area contributed by atoms with Crippen LogP contribution in [0.25, 0.3) is 0 Å². The molecule has 4 nitrogen and oxygen atoms in total. The zero-order valence-corrected chi connectivity index (χ0v) is 8.97. The van der Waals surface area contributed by atoms with Crippen molar-refractivity contribution in [3.05, 3.63) is 0 Å². The highest BCUT2D eigenvalue weighted by atomic mass is 19.4. The number of hydrogen-bond acceptors (Lipinski definition) is 2. The molecule has 16 heavy (non-hydrogen) atoms.